The highest BCUT2D eigenvalue weighted by Gasteiger charge is 2.41. The van der Waals surface area contributed by atoms with Gasteiger partial charge in [0.05, 0.1) is 23.3 Å². The molecule has 0 spiro atoms. The van der Waals surface area contributed by atoms with E-state index in [1.165, 1.54) is 13.2 Å². The van der Waals surface area contributed by atoms with Crippen molar-refractivity contribution in [2.75, 3.05) is 20.3 Å². The summed E-state index contributed by atoms with van der Waals surface area (Å²) in [5.74, 6) is 0.0465. The van der Waals surface area contributed by atoms with Crippen LogP contribution < -0.4 is 14.8 Å². The van der Waals surface area contributed by atoms with Crippen LogP contribution in [0, 0.1) is 3.57 Å². The van der Waals surface area contributed by atoms with Crippen molar-refractivity contribution in [3.8, 4) is 11.5 Å². The van der Waals surface area contributed by atoms with Crippen LogP contribution in [0.15, 0.2) is 48.0 Å². The van der Waals surface area contributed by atoms with E-state index in [1.807, 2.05) is 34.7 Å². The lowest BCUT2D eigenvalue weighted by Crippen LogP contribution is -2.54. The molecule has 0 fully saturated rings. The molecule has 0 radical (unpaired) electrons. The number of ether oxygens (including phenoxy) is 2. The number of nitrogens with one attached hydrogen (secondary N) is 1. The molecule has 0 saturated heterocycles. The number of nitrogens with zero attached hydrogens (tertiary/aromatic N) is 1. The van der Waals surface area contributed by atoms with Crippen LogP contribution in [0.5, 0.6) is 11.5 Å². The molecule has 2 amide bonds. The summed E-state index contributed by atoms with van der Waals surface area (Å²) in [6, 6.07) is 9.54. The summed E-state index contributed by atoms with van der Waals surface area (Å²) >= 11 is 8.13. The predicted molar refractivity (Wildman–Crippen MR) is 173 cm³/mol. The van der Waals surface area contributed by atoms with Gasteiger partial charge in [0.1, 0.15) is 18.5 Å². The largest absolute Gasteiger partial charge is 0.493 e. The van der Waals surface area contributed by atoms with E-state index < -0.39 is 24.2 Å². The molecule has 0 aliphatic heterocycles. The van der Waals surface area contributed by atoms with Crippen LogP contribution in [0.25, 0.3) is 0 Å². The van der Waals surface area contributed by atoms with E-state index in [2.05, 4.69) is 12.2 Å². The second-order valence-corrected chi connectivity index (χ2v) is 12.1. The van der Waals surface area contributed by atoms with Crippen LogP contribution in [-0.2, 0) is 16.1 Å². The molecule has 11 heteroatoms. The summed E-state index contributed by atoms with van der Waals surface area (Å²) < 4.78 is 12.3. The number of hydrogen-bond donors (Lipinski definition) is 3. The zero-order valence-electron chi connectivity index (χ0n) is 24.6. The number of aliphatic hydroxyl groups excluding tert-OH is 2. The van der Waals surface area contributed by atoms with Gasteiger partial charge in [-0.25, -0.2) is 0 Å². The number of aldehydes is 1. The Labute approximate surface area is 271 Å². The minimum absolute atomic E-state index is 0.0545. The molecule has 2 aromatic carbocycles. The van der Waals surface area contributed by atoms with Crippen LogP contribution in [-0.4, -0.2) is 71.7 Å². The number of rotatable bonds is 16. The van der Waals surface area contributed by atoms with Crippen molar-refractivity contribution in [3.05, 3.63) is 67.8 Å². The van der Waals surface area contributed by atoms with Crippen LogP contribution in [0.3, 0.4) is 0 Å². The quantitative estimate of drug-likeness (QED) is 0.125. The van der Waals surface area contributed by atoms with Gasteiger partial charge in [-0.2, -0.15) is 0 Å². The molecule has 1 aliphatic rings. The smallest absolute Gasteiger partial charge is 0.247 e. The van der Waals surface area contributed by atoms with Crippen LogP contribution in [0.4, 0.5) is 0 Å². The van der Waals surface area contributed by atoms with E-state index in [9.17, 15) is 24.6 Å². The Hall–Kier alpha value is -2.67. The summed E-state index contributed by atoms with van der Waals surface area (Å²) in [5, 5.41) is 24.3. The molecular formula is C32H40ClIN2O7. The van der Waals surface area contributed by atoms with Crippen molar-refractivity contribution < 1.29 is 34.1 Å². The number of unbranched alkanes of at least 4 members (excludes halogenated alkanes) is 4. The molecule has 43 heavy (non-hydrogen) atoms. The van der Waals surface area contributed by atoms with Crippen molar-refractivity contribution in [2.45, 2.75) is 76.7 Å². The number of aliphatic hydroxyl groups is 2. The third kappa shape index (κ3) is 9.92. The lowest BCUT2D eigenvalue weighted by atomic mass is 9.87. The fraction of sp³-hybridized carbons (Fsp3) is 0.469. The van der Waals surface area contributed by atoms with Gasteiger partial charge in [-0.3, -0.25) is 14.4 Å². The molecule has 3 atom stereocenters. The highest BCUT2D eigenvalue weighted by Crippen LogP contribution is 2.37. The molecule has 0 saturated carbocycles. The summed E-state index contributed by atoms with van der Waals surface area (Å²) in [4.78, 5) is 39.9. The first-order chi connectivity index (χ1) is 20.7. The van der Waals surface area contributed by atoms with Gasteiger partial charge in [-0.05, 0) is 64.9 Å². The Morgan fingerprint density at radius 1 is 1.16 bits per heavy atom. The predicted octanol–water partition coefficient (Wildman–Crippen LogP) is 5.07. The summed E-state index contributed by atoms with van der Waals surface area (Å²) in [7, 11) is 1.45. The van der Waals surface area contributed by atoms with Crippen molar-refractivity contribution >= 4 is 52.3 Å². The first-order valence-electron chi connectivity index (χ1n) is 14.5. The Morgan fingerprint density at radius 2 is 1.88 bits per heavy atom. The van der Waals surface area contributed by atoms with Crippen molar-refractivity contribution in [2.24, 2.45) is 0 Å². The zero-order valence-corrected chi connectivity index (χ0v) is 27.5. The highest BCUT2D eigenvalue weighted by atomic mass is 127. The van der Waals surface area contributed by atoms with Gasteiger partial charge >= 0.3 is 0 Å². The molecule has 2 aromatic rings. The number of methoxy groups -OCH3 is 1. The maximum Gasteiger partial charge on any atom is 0.247 e. The molecule has 0 aromatic heterocycles. The lowest BCUT2D eigenvalue weighted by molar-refractivity contribution is -0.139. The maximum atomic E-state index is 13.8. The van der Waals surface area contributed by atoms with E-state index in [-0.39, 0.29) is 32.0 Å². The monoisotopic (exact) mass is 726 g/mol. The van der Waals surface area contributed by atoms with E-state index in [4.69, 9.17) is 21.1 Å². The van der Waals surface area contributed by atoms with Crippen LogP contribution >= 0.6 is 34.2 Å². The average Bonchev–Trinajstić information content (AvgIpc) is 3.01. The Morgan fingerprint density at radius 3 is 2.53 bits per heavy atom. The van der Waals surface area contributed by atoms with Crippen molar-refractivity contribution in [1.82, 2.24) is 10.2 Å². The third-order valence-corrected chi connectivity index (χ3v) is 8.39. The van der Waals surface area contributed by atoms with Gasteiger partial charge in [0.2, 0.25) is 11.8 Å². The lowest BCUT2D eigenvalue weighted by Gasteiger charge is -2.41. The number of halogens is 2. The molecule has 3 N–H and O–H groups in total. The normalized spacial score (nSPS) is 18.0. The summed E-state index contributed by atoms with van der Waals surface area (Å²) in [6.45, 7) is 2.17. The molecule has 0 bridgehead atoms. The minimum Gasteiger partial charge on any atom is -0.493 e. The summed E-state index contributed by atoms with van der Waals surface area (Å²) in [5.41, 5.74) is 1.55. The molecular weight excluding hydrogens is 687 g/mol. The number of benzene rings is 2. The van der Waals surface area contributed by atoms with Gasteiger partial charge < -0.3 is 29.9 Å². The second-order valence-electron chi connectivity index (χ2n) is 10.5. The SMILES string of the molecule is CCCCCCCC(=O)N(Cc1ccc(Cl)cc1)[C@@H]1CC(C(=O)NCCO)=C[C@H](Oc2c(I)cc(C=O)cc2OC)[C@H]1O. The molecule has 0 unspecified atom stereocenters. The van der Waals surface area contributed by atoms with Crippen LogP contribution in [0.1, 0.15) is 67.8 Å². The van der Waals surface area contributed by atoms with E-state index in [1.54, 1.807) is 29.2 Å². The Bertz CT molecular complexity index is 1270. The second kappa shape index (κ2) is 17.6. The highest BCUT2D eigenvalue weighted by molar-refractivity contribution is 14.1. The zero-order chi connectivity index (χ0) is 31.4. The van der Waals surface area contributed by atoms with Gasteiger partial charge in [-0.1, -0.05) is 56.3 Å². The fourth-order valence-electron chi connectivity index (χ4n) is 5.04. The van der Waals surface area contributed by atoms with E-state index in [0.717, 1.165) is 37.7 Å². The Balaban J connectivity index is 1.99. The van der Waals surface area contributed by atoms with Gasteiger partial charge in [0, 0.05) is 42.1 Å². The average molecular weight is 727 g/mol. The number of carbonyl (C=O) groups excluding carboxylic acids is 3. The number of amides is 2. The van der Waals surface area contributed by atoms with Gasteiger partial charge in [0.15, 0.2) is 11.5 Å². The van der Waals surface area contributed by atoms with E-state index in [0.29, 0.717) is 43.9 Å². The molecule has 1 aliphatic carbocycles. The topological polar surface area (TPSA) is 125 Å². The van der Waals surface area contributed by atoms with Crippen LogP contribution in [0.2, 0.25) is 5.02 Å². The first kappa shape index (κ1) is 34.8. The molecule has 3 rings (SSSR count). The standard InChI is InChI=1S/C32H40ClIN2O7/c1-3-4-5-6-7-8-29(39)36(19-21-9-11-24(33)12-10-21)26-17-23(32(41)35-13-14-37)18-27(30(26)40)43-31-25(34)15-22(20-38)16-28(31)42-2/h9-12,15-16,18,20,26-27,30,37,40H,3-8,13-14,17,19H2,1-2H3,(H,35,41)/t26-,27+,30+/m1/s1. The molecule has 9 nitrogen and oxygen atoms in total. The summed E-state index contributed by atoms with van der Waals surface area (Å²) in [6.07, 6.45) is 5.32. The first-order valence-corrected chi connectivity index (χ1v) is 16.0. The van der Waals surface area contributed by atoms with Crippen molar-refractivity contribution in [1.29, 1.82) is 0 Å². The van der Waals surface area contributed by atoms with Gasteiger partial charge in [-0.15, -0.1) is 0 Å². The third-order valence-electron chi connectivity index (χ3n) is 7.34. The van der Waals surface area contributed by atoms with E-state index >= 15 is 0 Å². The van der Waals surface area contributed by atoms with Crippen molar-refractivity contribution in [3.63, 3.8) is 0 Å². The Kier molecular flexibility index (Phi) is 14.2. The number of carbonyl (C=O) groups is 3. The molecule has 234 valence electrons. The number of hydrogen-bond acceptors (Lipinski definition) is 7. The maximum absolute atomic E-state index is 13.8. The molecule has 0 heterocycles. The minimum atomic E-state index is -1.20. The fourth-order valence-corrected chi connectivity index (χ4v) is 5.92. The van der Waals surface area contributed by atoms with Gasteiger partial charge in [0.25, 0.3) is 0 Å².